The molecule has 1 amide bonds. The van der Waals surface area contributed by atoms with E-state index in [0.29, 0.717) is 11.3 Å². The molecule has 98 valence electrons. The Kier molecular flexibility index (Phi) is 5.13. The van der Waals surface area contributed by atoms with E-state index in [1.807, 2.05) is 0 Å². The first-order chi connectivity index (χ1) is 8.52. The summed E-state index contributed by atoms with van der Waals surface area (Å²) < 4.78 is 0. The number of carboxylic acid groups (broad SMARTS) is 1. The van der Waals surface area contributed by atoms with Crippen LogP contribution in [-0.4, -0.2) is 34.7 Å². The minimum atomic E-state index is -1.16. The number of nitrogens with two attached hydrogens (primary N) is 1. The Morgan fingerprint density at radius 2 is 2.11 bits per heavy atom. The third kappa shape index (κ3) is 4.42. The average molecular weight is 252 g/mol. The van der Waals surface area contributed by atoms with Crippen LogP contribution in [0.3, 0.4) is 0 Å². The Bertz CT molecular complexity index is 434. The van der Waals surface area contributed by atoms with Crippen molar-refractivity contribution >= 4 is 17.6 Å². The number of carbonyl (C=O) groups excluding carboxylic acids is 1. The van der Waals surface area contributed by atoms with Crippen LogP contribution in [0.2, 0.25) is 0 Å². The quantitative estimate of drug-likeness (QED) is 0.522. The lowest BCUT2D eigenvalue weighted by atomic mass is 10.1. The minimum Gasteiger partial charge on any atom is -0.480 e. The third-order valence-electron chi connectivity index (χ3n) is 2.37. The van der Waals surface area contributed by atoms with Crippen LogP contribution in [0.25, 0.3) is 0 Å². The zero-order chi connectivity index (χ0) is 13.5. The number of carbonyl (C=O) groups is 2. The summed E-state index contributed by atoms with van der Waals surface area (Å²) in [4.78, 5) is 22.4. The second-order valence-corrected chi connectivity index (χ2v) is 3.89. The molecule has 5 N–H and O–H groups in total. The molecule has 0 aliphatic carbocycles. The molecule has 0 aromatic heterocycles. The Morgan fingerprint density at radius 1 is 1.39 bits per heavy atom. The zero-order valence-corrected chi connectivity index (χ0v) is 9.80. The van der Waals surface area contributed by atoms with Gasteiger partial charge in [0.1, 0.15) is 6.04 Å². The smallest absolute Gasteiger partial charge is 0.326 e. The number of carboxylic acids is 1. The fraction of sp³-hybridized carbons (Fsp3) is 0.333. The van der Waals surface area contributed by atoms with Crippen molar-refractivity contribution in [1.29, 1.82) is 0 Å². The molecule has 1 aromatic carbocycles. The average Bonchev–Trinajstić information content (AvgIpc) is 2.28. The number of hydrogen-bond donors (Lipinski definition) is 4. The third-order valence-corrected chi connectivity index (χ3v) is 2.37. The molecule has 0 heterocycles. The number of nitrogen functional groups attached to an aromatic ring is 1. The van der Waals surface area contributed by atoms with E-state index in [-0.39, 0.29) is 19.4 Å². The van der Waals surface area contributed by atoms with Gasteiger partial charge in [-0.05, 0) is 17.7 Å². The number of anilines is 1. The maximum Gasteiger partial charge on any atom is 0.326 e. The van der Waals surface area contributed by atoms with Gasteiger partial charge in [-0.1, -0.05) is 12.1 Å². The zero-order valence-electron chi connectivity index (χ0n) is 9.80. The van der Waals surface area contributed by atoms with E-state index < -0.39 is 17.9 Å². The van der Waals surface area contributed by atoms with Crippen molar-refractivity contribution in [2.75, 3.05) is 12.3 Å². The molecule has 0 spiro atoms. The van der Waals surface area contributed by atoms with Gasteiger partial charge in [0.05, 0.1) is 6.42 Å². The van der Waals surface area contributed by atoms with Crippen molar-refractivity contribution in [2.45, 2.75) is 18.9 Å². The van der Waals surface area contributed by atoms with Crippen LogP contribution >= 0.6 is 0 Å². The van der Waals surface area contributed by atoms with E-state index in [4.69, 9.17) is 15.9 Å². The fourth-order valence-corrected chi connectivity index (χ4v) is 1.52. The molecule has 0 aliphatic heterocycles. The molecule has 0 unspecified atom stereocenters. The van der Waals surface area contributed by atoms with Crippen molar-refractivity contribution < 1.29 is 19.8 Å². The van der Waals surface area contributed by atoms with E-state index >= 15 is 0 Å². The molecule has 0 bridgehead atoms. The summed E-state index contributed by atoms with van der Waals surface area (Å²) in [5.41, 5.74) is 6.83. The molecule has 0 fully saturated rings. The maximum absolute atomic E-state index is 11.6. The molecule has 1 atom stereocenters. The monoisotopic (exact) mass is 252 g/mol. The number of amides is 1. The summed E-state index contributed by atoms with van der Waals surface area (Å²) in [6, 6.07) is 5.75. The Hall–Kier alpha value is -2.08. The second kappa shape index (κ2) is 6.61. The van der Waals surface area contributed by atoms with Crippen molar-refractivity contribution in [3.8, 4) is 0 Å². The normalized spacial score (nSPS) is 11.8. The molecule has 0 radical (unpaired) electrons. The highest BCUT2D eigenvalue weighted by Gasteiger charge is 2.19. The van der Waals surface area contributed by atoms with E-state index in [1.165, 1.54) is 0 Å². The van der Waals surface area contributed by atoms with Crippen molar-refractivity contribution in [2.24, 2.45) is 0 Å². The summed E-state index contributed by atoms with van der Waals surface area (Å²) in [7, 11) is 0. The van der Waals surface area contributed by atoms with E-state index in [1.54, 1.807) is 24.3 Å². The fourth-order valence-electron chi connectivity index (χ4n) is 1.52. The summed E-state index contributed by atoms with van der Waals surface area (Å²) in [5.74, 6) is -1.58. The van der Waals surface area contributed by atoms with Gasteiger partial charge in [-0.15, -0.1) is 0 Å². The molecule has 1 aromatic rings. The van der Waals surface area contributed by atoms with Crippen molar-refractivity contribution in [3.63, 3.8) is 0 Å². The Morgan fingerprint density at radius 3 is 2.67 bits per heavy atom. The summed E-state index contributed by atoms with van der Waals surface area (Å²) in [6.07, 6.45) is 0.0399. The highest BCUT2D eigenvalue weighted by molar-refractivity contribution is 5.84. The standard InChI is InChI=1S/C12H16N2O4/c13-9-3-1-2-8(6-9)7-11(16)14-10(4-5-15)12(17)18/h1-3,6,10,15H,4-5,7,13H2,(H,14,16)(H,17,18)/t10-/m1/s1. The number of aliphatic carboxylic acids is 1. The summed E-state index contributed by atoms with van der Waals surface area (Å²) >= 11 is 0. The van der Waals surface area contributed by atoms with Crippen LogP contribution in [0.4, 0.5) is 5.69 Å². The predicted octanol–water partition coefficient (Wildman–Crippen LogP) is -0.237. The van der Waals surface area contributed by atoms with Crippen LogP contribution in [0.15, 0.2) is 24.3 Å². The van der Waals surface area contributed by atoms with Crippen molar-refractivity contribution in [1.82, 2.24) is 5.32 Å². The van der Waals surface area contributed by atoms with Crippen LogP contribution in [0.5, 0.6) is 0 Å². The van der Waals surface area contributed by atoms with Gasteiger partial charge in [0, 0.05) is 18.7 Å². The van der Waals surface area contributed by atoms with Crippen molar-refractivity contribution in [3.05, 3.63) is 29.8 Å². The summed E-state index contributed by atoms with van der Waals surface area (Å²) in [5, 5.41) is 19.9. The number of rotatable bonds is 6. The first kappa shape index (κ1) is 14.0. The molecule has 0 saturated heterocycles. The van der Waals surface area contributed by atoms with Crippen LogP contribution in [0.1, 0.15) is 12.0 Å². The highest BCUT2D eigenvalue weighted by Crippen LogP contribution is 2.07. The van der Waals surface area contributed by atoms with Gasteiger partial charge in [-0.2, -0.15) is 0 Å². The van der Waals surface area contributed by atoms with Crippen LogP contribution in [-0.2, 0) is 16.0 Å². The highest BCUT2D eigenvalue weighted by atomic mass is 16.4. The van der Waals surface area contributed by atoms with Crippen LogP contribution < -0.4 is 11.1 Å². The first-order valence-electron chi connectivity index (χ1n) is 5.50. The molecule has 1 rings (SSSR count). The first-order valence-corrected chi connectivity index (χ1v) is 5.50. The lowest BCUT2D eigenvalue weighted by Gasteiger charge is -2.13. The minimum absolute atomic E-state index is 0.0159. The molecule has 6 heteroatoms. The Balaban J connectivity index is 2.57. The van der Waals surface area contributed by atoms with Gasteiger partial charge in [0.2, 0.25) is 5.91 Å². The molecule has 0 saturated carbocycles. The SMILES string of the molecule is Nc1cccc(CC(=O)N[C@H](CCO)C(=O)O)c1. The van der Waals surface area contributed by atoms with Gasteiger partial charge >= 0.3 is 5.97 Å². The lowest BCUT2D eigenvalue weighted by Crippen LogP contribution is -2.42. The largest absolute Gasteiger partial charge is 0.480 e. The number of hydrogen-bond acceptors (Lipinski definition) is 4. The van der Waals surface area contributed by atoms with Gasteiger partial charge in [0.15, 0.2) is 0 Å². The lowest BCUT2D eigenvalue weighted by molar-refractivity contribution is -0.142. The summed E-state index contributed by atoms with van der Waals surface area (Å²) in [6.45, 7) is -0.296. The molecule has 6 nitrogen and oxygen atoms in total. The molecule has 18 heavy (non-hydrogen) atoms. The van der Waals surface area contributed by atoms with Gasteiger partial charge < -0.3 is 21.3 Å². The molecular weight excluding hydrogens is 236 g/mol. The Labute approximate surface area is 104 Å². The number of aliphatic hydroxyl groups excluding tert-OH is 1. The van der Waals surface area contributed by atoms with E-state index in [2.05, 4.69) is 5.32 Å². The topological polar surface area (TPSA) is 113 Å². The molecular formula is C12H16N2O4. The van der Waals surface area contributed by atoms with E-state index in [0.717, 1.165) is 0 Å². The number of aliphatic hydroxyl groups is 1. The second-order valence-electron chi connectivity index (χ2n) is 3.89. The van der Waals surface area contributed by atoms with E-state index in [9.17, 15) is 9.59 Å². The van der Waals surface area contributed by atoms with Gasteiger partial charge in [-0.3, -0.25) is 4.79 Å². The molecule has 0 aliphatic rings. The predicted molar refractivity (Wildman–Crippen MR) is 65.8 cm³/mol. The number of benzene rings is 1. The van der Waals surface area contributed by atoms with Gasteiger partial charge in [-0.25, -0.2) is 4.79 Å². The van der Waals surface area contributed by atoms with Crippen LogP contribution in [0, 0.1) is 0 Å². The maximum atomic E-state index is 11.6. The van der Waals surface area contributed by atoms with Gasteiger partial charge in [0.25, 0.3) is 0 Å². The number of nitrogens with one attached hydrogen (secondary N) is 1.